The predicted octanol–water partition coefficient (Wildman–Crippen LogP) is 4.08. The number of unbranched alkanes of at least 4 members (excludes halogenated alkanes) is 1. The molecule has 0 aliphatic carbocycles. The molecular formula is C23H30N2O4S. The molecule has 0 unspecified atom stereocenters. The third-order valence-electron chi connectivity index (χ3n) is 5.15. The lowest BCUT2D eigenvalue weighted by atomic mass is 10.1. The second kappa shape index (κ2) is 9.73. The molecule has 1 heterocycles. The van der Waals surface area contributed by atoms with Crippen molar-refractivity contribution in [2.75, 3.05) is 18.4 Å². The van der Waals surface area contributed by atoms with Crippen molar-refractivity contribution >= 4 is 21.6 Å². The van der Waals surface area contributed by atoms with E-state index in [1.165, 1.54) is 22.0 Å². The molecule has 162 valence electrons. The van der Waals surface area contributed by atoms with E-state index < -0.39 is 10.0 Å². The smallest absolute Gasteiger partial charge is 0.255 e. The van der Waals surface area contributed by atoms with Gasteiger partial charge in [0.15, 0.2) is 0 Å². The van der Waals surface area contributed by atoms with Crippen LogP contribution in [0.15, 0.2) is 53.4 Å². The average Bonchev–Trinajstić information content (AvgIpc) is 2.72. The number of nitrogens with one attached hydrogen (secondary N) is 1. The molecule has 1 aliphatic heterocycles. The number of amides is 1. The Kier molecular flexibility index (Phi) is 7.28. The lowest BCUT2D eigenvalue weighted by Gasteiger charge is -2.34. The summed E-state index contributed by atoms with van der Waals surface area (Å²) >= 11 is 0. The summed E-state index contributed by atoms with van der Waals surface area (Å²) in [7, 11) is -3.70. The molecule has 6 nitrogen and oxygen atoms in total. The first-order chi connectivity index (χ1) is 14.3. The van der Waals surface area contributed by atoms with Crippen molar-refractivity contribution in [3.05, 3.63) is 59.7 Å². The van der Waals surface area contributed by atoms with Crippen LogP contribution in [-0.4, -0.2) is 43.9 Å². The fourth-order valence-electron chi connectivity index (χ4n) is 3.61. The lowest BCUT2D eigenvalue weighted by molar-refractivity contribution is -0.0440. The molecule has 0 bridgehead atoms. The number of carbonyl (C=O) groups is 1. The minimum absolute atomic E-state index is 0.117. The Morgan fingerprint density at radius 3 is 2.40 bits per heavy atom. The van der Waals surface area contributed by atoms with E-state index in [0.717, 1.165) is 19.3 Å². The third-order valence-corrected chi connectivity index (χ3v) is 6.98. The van der Waals surface area contributed by atoms with Crippen LogP contribution in [0.1, 0.15) is 49.5 Å². The zero-order valence-electron chi connectivity index (χ0n) is 17.8. The van der Waals surface area contributed by atoms with Crippen LogP contribution in [0.4, 0.5) is 5.69 Å². The van der Waals surface area contributed by atoms with E-state index in [1.54, 1.807) is 12.1 Å². The highest BCUT2D eigenvalue weighted by molar-refractivity contribution is 7.89. The highest BCUT2D eigenvalue weighted by Gasteiger charge is 2.32. The van der Waals surface area contributed by atoms with Gasteiger partial charge in [-0.1, -0.05) is 31.5 Å². The van der Waals surface area contributed by atoms with Crippen LogP contribution in [0.5, 0.6) is 0 Å². The lowest BCUT2D eigenvalue weighted by Crippen LogP contribution is -2.48. The fourth-order valence-corrected chi connectivity index (χ4v) is 5.25. The number of anilines is 1. The van der Waals surface area contributed by atoms with E-state index in [2.05, 4.69) is 12.2 Å². The Morgan fingerprint density at radius 1 is 1.10 bits per heavy atom. The standard InChI is InChI=1S/C23H30N2O4S/c1-4-5-7-19-10-12-21(13-11-19)24-23(26)20-8-6-9-22(14-20)30(27,28)25-15-17(2)29-18(3)16-25/h6,8-14,17-18H,4-5,7,15-16H2,1-3H3,(H,24,26)/t17-,18-/m0/s1. The van der Waals surface area contributed by atoms with Crippen LogP contribution >= 0.6 is 0 Å². The van der Waals surface area contributed by atoms with Gasteiger partial charge in [-0.2, -0.15) is 4.31 Å². The van der Waals surface area contributed by atoms with Crippen molar-refractivity contribution in [2.24, 2.45) is 0 Å². The van der Waals surface area contributed by atoms with Gasteiger partial charge >= 0.3 is 0 Å². The first-order valence-corrected chi connectivity index (χ1v) is 11.9. The molecule has 1 amide bonds. The van der Waals surface area contributed by atoms with Gasteiger partial charge in [-0.15, -0.1) is 0 Å². The Hall–Kier alpha value is -2.22. The fraction of sp³-hybridized carbons (Fsp3) is 0.435. The van der Waals surface area contributed by atoms with E-state index in [1.807, 2.05) is 38.1 Å². The van der Waals surface area contributed by atoms with Gasteiger partial charge in [-0.25, -0.2) is 8.42 Å². The Labute approximate surface area is 179 Å². The molecule has 1 saturated heterocycles. The number of ether oxygens (including phenoxy) is 1. The van der Waals surface area contributed by atoms with E-state index in [9.17, 15) is 13.2 Å². The maximum atomic E-state index is 13.1. The molecular weight excluding hydrogens is 400 g/mol. The minimum atomic E-state index is -3.70. The topological polar surface area (TPSA) is 75.7 Å². The van der Waals surface area contributed by atoms with Crippen LogP contribution in [0.3, 0.4) is 0 Å². The number of hydrogen-bond donors (Lipinski definition) is 1. The first kappa shape index (κ1) is 22.5. The van der Waals surface area contributed by atoms with Gasteiger partial charge in [0.25, 0.3) is 5.91 Å². The highest BCUT2D eigenvalue weighted by Crippen LogP contribution is 2.22. The first-order valence-electron chi connectivity index (χ1n) is 10.5. The molecule has 1 aliphatic rings. The van der Waals surface area contributed by atoms with Gasteiger partial charge in [0.05, 0.1) is 17.1 Å². The molecule has 2 atom stereocenters. The molecule has 1 fully saturated rings. The molecule has 0 spiro atoms. The Bertz CT molecular complexity index is 963. The molecule has 3 rings (SSSR count). The maximum absolute atomic E-state index is 13.1. The second-order valence-corrected chi connectivity index (χ2v) is 9.80. The second-order valence-electron chi connectivity index (χ2n) is 7.86. The molecule has 1 N–H and O–H groups in total. The van der Waals surface area contributed by atoms with Crippen LogP contribution < -0.4 is 5.32 Å². The van der Waals surface area contributed by atoms with Crippen molar-refractivity contribution in [3.8, 4) is 0 Å². The SMILES string of the molecule is CCCCc1ccc(NC(=O)c2cccc(S(=O)(=O)N3C[C@H](C)O[C@@H](C)C3)c2)cc1. The summed E-state index contributed by atoms with van der Waals surface area (Å²) in [6, 6.07) is 13.9. The van der Waals surface area contributed by atoms with Crippen LogP contribution in [0.25, 0.3) is 0 Å². The normalized spacial score (nSPS) is 20.1. The largest absolute Gasteiger partial charge is 0.373 e. The number of aryl methyl sites for hydroxylation is 1. The van der Waals surface area contributed by atoms with Crippen LogP contribution in [-0.2, 0) is 21.2 Å². The molecule has 0 saturated carbocycles. The molecule has 2 aromatic rings. The van der Waals surface area contributed by atoms with Crippen molar-refractivity contribution in [3.63, 3.8) is 0 Å². The van der Waals surface area contributed by atoms with Gasteiger partial charge in [-0.05, 0) is 62.6 Å². The van der Waals surface area contributed by atoms with Gasteiger partial charge in [0.1, 0.15) is 0 Å². The van der Waals surface area contributed by atoms with E-state index >= 15 is 0 Å². The molecule has 0 aromatic heterocycles. The number of morpholine rings is 1. The minimum Gasteiger partial charge on any atom is -0.373 e. The molecule has 0 radical (unpaired) electrons. The van der Waals surface area contributed by atoms with Crippen molar-refractivity contribution in [1.29, 1.82) is 0 Å². The predicted molar refractivity (Wildman–Crippen MR) is 118 cm³/mol. The van der Waals surface area contributed by atoms with Gasteiger partial charge in [0.2, 0.25) is 10.0 Å². The van der Waals surface area contributed by atoms with E-state index in [-0.39, 0.29) is 23.0 Å². The van der Waals surface area contributed by atoms with Gasteiger partial charge in [-0.3, -0.25) is 4.79 Å². The number of hydrogen-bond acceptors (Lipinski definition) is 4. The number of nitrogens with zero attached hydrogens (tertiary/aromatic N) is 1. The summed E-state index contributed by atoms with van der Waals surface area (Å²) < 4.78 is 33.2. The Balaban J connectivity index is 1.73. The summed E-state index contributed by atoms with van der Waals surface area (Å²) in [5.74, 6) is -0.336. The highest BCUT2D eigenvalue weighted by atomic mass is 32.2. The quantitative estimate of drug-likeness (QED) is 0.718. The average molecular weight is 431 g/mol. The maximum Gasteiger partial charge on any atom is 0.255 e. The van der Waals surface area contributed by atoms with Gasteiger partial charge < -0.3 is 10.1 Å². The van der Waals surface area contributed by atoms with Crippen molar-refractivity contribution < 1.29 is 17.9 Å². The summed E-state index contributed by atoms with van der Waals surface area (Å²) in [5.41, 5.74) is 2.22. The number of sulfonamides is 1. The number of carbonyl (C=O) groups excluding carboxylic acids is 1. The van der Waals surface area contributed by atoms with Crippen LogP contribution in [0, 0.1) is 0 Å². The summed E-state index contributed by atoms with van der Waals surface area (Å²) in [4.78, 5) is 12.8. The monoisotopic (exact) mass is 430 g/mol. The number of rotatable bonds is 7. The Morgan fingerprint density at radius 2 is 1.77 bits per heavy atom. The van der Waals surface area contributed by atoms with Crippen molar-refractivity contribution in [1.82, 2.24) is 4.31 Å². The third kappa shape index (κ3) is 5.47. The summed E-state index contributed by atoms with van der Waals surface area (Å²) in [6.45, 7) is 6.47. The van der Waals surface area contributed by atoms with E-state index in [4.69, 9.17) is 4.74 Å². The number of benzene rings is 2. The summed E-state index contributed by atoms with van der Waals surface area (Å²) in [5, 5.41) is 2.85. The van der Waals surface area contributed by atoms with Gasteiger partial charge in [0, 0.05) is 24.3 Å². The molecule has 30 heavy (non-hydrogen) atoms. The summed E-state index contributed by atoms with van der Waals surface area (Å²) in [6.07, 6.45) is 2.95. The zero-order chi connectivity index (χ0) is 21.7. The molecule has 7 heteroatoms. The van der Waals surface area contributed by atoms with E-state index in [0.29, 0.717) is 24.3 Å². The molecule has 2 aromatic carbocycles. The van der Waals surface area contributed by atoms with Crippen molar-refractivity contribution in [2.45, 2.75) is 57.1 Å². The zero-order valence-corrected chi connectivity index (χ0v) is 18.6. The van der Waals surface area contributed by atoms with Crippen LogP contribution in [0.2, 0.25) is 0 Å².